The summed E-state index contributed by atoms with van der Waals surface area (Å²) in [6.45, 7) is 10.3. The van der Waals surface area contributed by atoms with Crippen LogP contribution >= 0.6 is 11.6 Å². The second kappa shape index (κ2) is 12.5. The molecule has 1 aromatic carbocycles. The van der Waals surface area contributed by atoms with Crippen molar-refractivity contribution in [1.29, 1.82) is 0 Å². The summed E-state index contributed by atoms with van der Waals surface area (Å²) in [4.78, 5) is 17.4. The predicted molar refractivity (Wildman–Crippen MR) is 133 cm³/mol. The molecular formula is C25H34ClN5O. The second-order valence-corrected chi connectivity index (χ2v) is 7.81. The van der Waals surface area contributed by atoms with Crippen LogP contribution in [0.2, 0.25) is 5.02 Å². The number of aliphatic hydroxyl groups excluding tert-OH is 1. The lowest BCUT2D eigenvalue weighted by Gasteiger charge is -2.10. The number of halogens is 1. The molecule has 3 heterocycles. The van der Waals surface area contributed by atoms with Crippen molar-refractivity contribution in [3.63, 3.8) is 0 Å². The van der Waals surface area contributed by atoms with Gasteiger partial charge in [0.05, 0.1) is 34.8 Å². The van der Waals surface area contributed by atoms with Crippen molar-refractivity contribution >= 4 is 33.5 Å². The van der Waals surface area contributed by atoms with Crippen molar-refractivity contribution < 1.29 is 5.11 Å². The van der Waals surface area contributed by atoms with E-state index >= 15 is 0 Å². The van der Waals surface area contributed by atoms with Crippen LogP contribution in [0.3, 0.4) is 0 Å². The number of aromatic nitrogens is 5. The van der Waals surface area contributed by atoms with Crippen LogP contribution in [0, 0.1) is 6.92 Å². The van der Waals surface area contributed by atoms with E-state index in [1.54, 1.807) is 24.7 Å². The summed E-state index contributed by atoms with van der Waals surface area (Å²) < 4.78 is 1.85. The molecule has 0 fully saturated rings. The van der Waals surface area contributed by atoms with E-state index in [0.717, 1.165) is 22.1 Å². The maximum atomic E-state index is 10.7. The largest absolute Gasteiger partial charge is 0.379 e. The van der Waals surface area contributed by atoms with Crippen LogP contribution in [-0.2, 0) is 7.05 Å². The van der Waals surface area contributed by atoms with Gasteiger partial charge >= 0.3 is 0 Å². The highest BCUT2D eigenvalue weighted by molar-refractivity contribution is 6.31. The lowest BCUT2D eigenvalue weighted by atomic mass is 10.2. The summed E-state index contributed by atoms with van der Waals surface area (Å²) in [5.41, 5.74) is 3.64. The van der Waals surface area contributed by atoms with Crippen LogP contribution in [0.5, 0.6) is 0 Å². The lowest BCUT2D eigenvalue weighted by Crippen LogP contribution is -2.09. The van der Waals surface area contributed by atoms with Gasteiger partial charge in [0.15, 0.2) is 6.10 Å². The number of hydrogen-bond acceptors (Lipinski definition) is 5. The summed E-state index contributed by atoms with van der Waals surface area (Å²) >= 11 is 6.13. The predicted octanol–water partition coefficient (Wildman–Crippen LogP) is 6.57. The molecule has 0 saturated carbocycles. The van der Waals surface area contributed by atoms with Crippen LogP contribution in [-0.4, -0.2) is 29.6 Å². The van der Waals surface area contributed by atoms with Gasteiger partial charge in [0.2, 0.25) is 0 Å². The van der Waals surface area contributed by atoms with Crippen molar-refractivity contribution in [3.05, 3.63) is 59.0 Å². The first-order chi connectivity index (χ1) is 15.5. The minimum atomic E-state index is -0.968. The molecule has 1 N–H and O–H groups in total. The van der Waals surface area contributed by atoms with Gasteiger partial charge in [-0.05, 0) is 25.1 Å². The van der Waals surface area contributed by atoms with Crippen LogP contribution in [0.1, 0.15) is 76.7 Å². The first-order valence-corrected chi connectivity index (χ1v) is 11.7. The average molecular weight is 456 g/mol. The fourth-order valence-electron chi connectivity index (χ4n) is 3.31. The molecule has 172 valence electrons. The monoisotopic (exact) mass is 455 g/mol. The van der Waals surface area contributed by atoms with Crippen LogP contribution in [0.25, 0.3) is 21.9 Å². The van der Waals surface area contributed by atoms with E-state index < -0.39 is 6.10 Å². The number of rotatable bonds is 5. The summed E-state index contributed by atoms with van der Waals surface area (Å²) in [5.74, 6) is 0.484. The molecule has 0 bridgehead atoms. The molecular weight excluding hydrogens is 422 g/mol. The summed E-state index contributed by atoms with van der Waals surface area (Å²) in [5, 5.41) is 12.2. The zero-order valence-corrected chi connectivity index (χ0v) is 20.7. The summed E-state index contributed by atoms with van der Waals surface area (Å²) in [6.07, 6.45) is 9.45. The van der Waals surface area contributed by atoms with Gasteiger partial charge < -0.3 is 9.67 Å². The number of hydrogen-bond donors (Lipinski definition) is 1. The number of nitrogens with zero attached hydrogens (tertiary/aromatic N) is 5. The van der Waals surface area contributed by atoms with Gasteiger partial charge in [-0.1, -0.05) is 65.0 Å². The number of pyridine rings is 1. The standard InChI is InChI=1S/C17H14ClN5O.C6H14.C2H6/c1-9-6-20-14(8-19-9)16(24)17-22-13-7-21-12-4-3-10(18)5-11(12)15(13)23(17)2;1-3-5-6-4-2;1-2/h3-8,16,24H,1-2H3;3-6H2,1-2H3;1-2H3. The Morgan fingerprint density at radius 3 is 2.25 bits per heavy atom. The normalized spacial score (nSPS) is 11.5. The molecule has 0 aliphatic heterocycles. The highest BCUT2D eigenvalue weighted by Gasteiger charge is 2.21. The van der Waals surface area contributed by atoms with Crippen molar-refractivity contribution in [2.45, 2.75) is 66.4 Å². The van der Waals surface area contributed by atoms with E-state index in [-0.39, 0.29) is 0 Å². The molecule has 6 nitrogen and oxygen atoms in total. The zero-order valence-electron chi connectivity index (χ0n) is 19.9. The van der Waals surface area contributed by atoms with Gasteiger partial charge in [-0.2, -0.15) is 0 Å². The Balaban J connectivity index is 0.000000396. The number of imidazole rings is 1. The third kappa shape index (κ3) is 6.02. The molecule has 32 heavy (non-hydrogen) atoms. The number of benzene rings is 1. The van der Waals surface area contributed by atoms with Crippen LogP contribution in [0.15, 0.2) is 36.8 Å². The van der Waals surface area contributed by atoms with E-state index in [1.165, 1.54) is 25.7 Å². The third-order valence-corrected chi connectivity index (χ3v) is 5.21. The third-order valence-electron chi connectivity index (χ3n) is 4.98. The topological polar surface area (TPSA) is 76.7 Å². The Labute approximate surface area is 195 Å². The Kier molecular flexibility index (Phi) is 10.0. The van der Waals surface area contributed by atoms with Gasteiger partial charge in [-0.3, -0.25) is 15.0 Å². The Morgan fingerprint density at radius 1 is 0.969 bits per heavy atom. The van der Waals surface area contributed by atoms with Crippen LogP contribution in [0.4, 0.5) is 0 Å². The molecule has 0 aliphatic carbocycles. The van der Waals surface area contributed by atoms with Gasteiger partial charge in [0.1, 0.15) is 11.3 Å². The molecule has 3 aromatic heterocycles. The van der Waals surface area contributed by atoms with Gasteiger partial charge in [-0.15, -0.1) is 0 Å². The Morgan fingerprint density at radius 2 is 1.66 bits per heavy atom. The number of fused-ring (bicyclic) bond motifs is 3. The summed E-state index contributed by atoms with van der Waals surface area (Å²) in [6, 6.07) is 5.53. The molecule has 0 spiro atoms. The van der Waals surface area contributed by atoms with Crippen molar-refractivity contribution in [3.8, 4) is 0 Å². The number of aliphatic hydroxyl groups is 1. The highest BCUT2D eigenvalue weighted by atomic mass is 35.5. The molecule has 1 unspecified atom stereocenters. The maximum absolute atomic E-state index is 10.7. The number of unbranched alkanes of at least 4 members (excludes halogenated alkanes) is 3. The smallest absolute Gasteiger partial charge is 0.155 e. The van der Waals surface area contributed by atoms with E-state index in [4.69, 9.17) is 11.6 Å². The van der Waals surface area contributed by atoms with E-state index in [9.17, 15) is 5.11 Å². The molecule has 7 heteroatoms. The van der Waals surface area contributed by atoms with Gasteiger partial charge in [0, 0.05) is 23.7 Å². The fraction of sp³-hybridized carbons (Fsp3) is 0.440. The van der Waals surface area contributed by atoms with Gasteiger partial charge in [0.25, 0.3) is 0 Å². The maximum Gasteiger partial charge on any atom is 0.155 e. The van der Waals surface area contributed by atoms with E-state index in [0.29, 0.717) is 22.1 Å². The van der Waals surface area contributed by atoms with Crippen molar-refractivity contribution in [2.75, 3.05) is 0 Å². The van der Waals surface area contributed by atoms with Crippen molar-refractivity contribution in [2.24, 2.45) is 7.05 Å². The van der Waals surface area contributed by atoms with Gasteiger partial charge in [-0.25, -0.2) is 4.98 Å². The Bertz CT molecular complexity index is 1120. The molecule has 4 rings (SSSR count). The molecule has 0 aliphatic rings. The molecule has 4 aromatic rings. The molecule has 0 amide bonds. The summed E-state index contributed by atoms with van der Waals surface area (Å²) in [7, 11) is 1.86. The minimum Gasteiger partial charge on any atom is -0.379 e. The first kappa shape index (κ1) is 25.7. The Hall–Kier alpha value is -2.57. The van der Waals surface area contributed by atoms with Crippen LogP contribution < -0.4 is 0 Å². The first-order valence-electron chi connectivity index (χ1n) is 11.3. The molecule has 0 radical (unpaired) electrons. The zero-order chi connectivity index (χ0) is 23.7. The van der Waals surface area contributed by atoms with E-state index in [2.05, 4.69) is 33.8 Å². The average Bonchev–Trinajstić information content (AvgIpc) is 3.16. The van der Waals surface area contributed by atoms with E-state index in [1.807, 2.05) is 44.5 Å². The highest BCUT2D eigenvalue weighted by Crippen LogP contribution is 2.29. The lowest BCUT2D eigenvalue weighted by molar-refractivity contribution is 0.201. The minimum absolute atomic E-state index is 0.453. The second-order valence-electron chi connectivity index (χ2n) is 7.37. The molecule has 0 saturated heterocycles. The quantitative estimate of drug-likeness (QED) is 0.344. The fourth-order valence-corrected chi connectivity index (χ4v) is 3.48. The SMILES string of the molecule is CC.CCCCCC.Cc1cnc(C(O)c2nc3cnc4ccc(Cl)cc4c3n2C)cn1. The number of aryl methyl sites for hydroxylation is 2. The van der Waals surface area contributed by atoms with Crippen molar-refractivity contribution in [1.82, 2.24) is 24.5 Å². The molecule has 1 atom stereocenters.